The number of aryl methyl sites for hydroxylation is 1. The normalized spacial score (nSPS) is 20.7. The van der Waals surface area contributed by atoms with E-state index in [1.54, 1.807) is 46.1 Å². The minimum Gasteiger partial charge on any atom is -0.340 e. The first-order valence-electron chi connectivity index (χ1n) is 7.91. The number of rotatable bonds is 4. The summed E-state index contributed by atoms with van der Waals surface area (Å²) in [5.41, 5.74) is 1.94. The van der Waals surface area contributed by atoms with Crippen LogP contribution in [-0.2, 0) is 23.2 Å². The predicted octanol–water partition coefficient (Wildman–Crippen LogP) is 1.97. The summed E-state index contributed by atoms with van der Waals surface area (Å²) in [5.74, 6) is -0.351. The van der Waals surface area contributed by atoms with Crippen molar-refractivity contribution in [3.8, 4) is 0 Å². The number of hydrogen-bond acceptors (Lipinski definition) is 4. The Kier molecular flexibility index (Phi) is 4.45. The van der Waals surface area contributed by atoms with E-state index in [4.69, 9.17) is 0 Å². The van der Waals surface area contributed by atoms with Crippen LogP contribution in [0.15, 0.2) is 23.7 Å². The molecule has 1 fully saturated rings. The van der Waals surface area contributed by atoms with E-state index in [0.717, 1.165) is 16.1 Å². The minimum atomic E-state index is -0.365. The number of nitrogens with zero attached hydrogens (tertiary/aromatic N) is 4. The first-order chi connectivity index (χ1) is 11.4. The van der Waals surface area contributed by atoms with Gasteiger partial charge in [-0.1, -0.05) is 6.07 Å². The third-order valence-electron chi connectivity index (χ3n) is 4.84. The summed E-state index contributed by atoms with van der Waals surface area (Å²) in [6.45, 7) is 2.54. The maximum Gasteiger partial charge on any atom is 0.228 e. The molecule has 6 nitrogen and oxygen atoms in total. The standard InChI is InChI=1S/C17H22N4O2S/c1-11-14(9-18-21(11)4)16-13(8-15(22)20(16)3)17(23)19(2)10-12-6-5-7-24-12/h5-7,9,13,16H,8,10H2,1-4H3. The van der Waals surface area contributed by atoms with Crippen molar-refractivity contribution in [2.24, 2.45) is 13.0 Å². The maximum absolute atomic E-state index is 13.0. The second-order valence-corrected chi connectivity index (χ2v) is 7.37. The molecule has 0 aromatic carbocycles. The van der Waals surface area contributed by atoms with Crippen LogP contribution in [0.4, 0.5) is 0 Å². The number of likely N-dealkylation sites (tertiary alicyclic amines) is 1. The van der Waals surface area contributed by atoms with E-state index in [2.05, 4.69) is 5.10 Å². The third-order valence-corrected chi connectivity index (χ3v) is 5.71. The van der Waals surface area contributed by atoms with E-state index in [9.17, 15) is 9.59 Å². The molecule has 0 N–H and O–H groups in total. The quantitative estimate of drug-likeness (QED) is 0.850. The molecule has 0 spiro atoms. The van der Waals surface area contributed by atoms with Crippen LogP contribution in [0, 0.1) is 12.8 Å². The monoisotopic (exact) mass is 346 g/mol. The van der Waals surface area contributed by atoms with Crippen LogP contribution in [-0.4, -0.2) is 45.5 Å². The zero-order valence-electron chi connectivity index (χ0n) is 14.4. The second kappa shape index (κ2) is 6.39. The molecule has 2 aromatic heterocycles. The highest BCUT2D eigenvalue weighted by Crippen LogP contribution is 2.39. The van der Waals surface area contributed by atoms with Gasteiger partial charge >= 0.3 is 0 Å². The molecule has 0 radical (unpaired) electrons. The van der Waals surface area contributed by atoms with Crippen molar-refractivity contribution < 1.29 is 9.59 Å². The Morgan fingerprint density at radius 1 is 1.46 bits per heavy atom. The first kappa shape index (κ1) is 16.7. The topological polar surface area (TPSA) is 58.4 Å². The fourth-order valence-electron chi connectivity index (χ4n) is 3.32. The highest BCUT2D eigenvalue weighted by molar-refractivity contribution is 7.09. The molecule has 24 heavy (non-hydrogen) atoms. The molecule has 128 valence electrons. The summed E-state index contributed by atoms with van der Waals surface area (Å²) in [6.07, 6.45) is 2.03. The molecule has 0 bridgehead atoms. The molecule has 0 saturated carbocycles. The molecule has 2 aromatic rings. The molecule has 1 saturated heterocycles. The van der Waals surface area contributed by atoms with Crippen LogP contribution >= 0.6 is 11.3 Å². The highest BCUT2D eigenvalue weighted by atomic mass is 32.1. The lowest BCUT2D eigenvalue weighted by atomic mass is 9.93. The van der Waals surface area contributed by atoms with Gasteiger partial charge in [-0.2, -0.15) is 5.10 Å². The number of amides is 2. The largest absolute Gasteiger partial charge is 0.340 e. The zero-order chi connectivity index (χ0) is 17.4. The van der Waals surface area contributed by atoms with Crippen molar-refractivity contribution in [1.29, 1.82) is 0 Å². The van der Waals surface area contributed by atoms with Crippen molar-refractivity contribution in [1.82, 2.24) is 19.6 Å². The predicted molar refractivity (Wildman–Crippen MR) is 92.4 cm³/mol. The van der Waals surface area contributed by atoms with Gasteiger partial charge in [-0.25, -0.2) is 0 Å². The Morgan fingerprint density at radius 2 is 2.21 bits per heavy atom. The minimum absolute atomic E-state index is 0.00567. The third kappa shape index (κ3) is 2.84. The molecule has 3 heterocycles. The van der Waals surface area contributed by atoms with E-state index in [1.807, 2.05) is 31.5 Å². The van der Waals surface area contributed by atoms with Crippen LogP contribution in [0.3, 0.4) is 0 Å². The molecular formula is C17H22N4O2S. The van der Waals surface area contributed by atoms with E-state index < -0.39 is 0 Å². The number of carbonyl (C=O) groups excluding carboxylic acids is 2. The molecule has 0 aliphatic carbocycles. The molecular weight excluding hydrogens is 324 g/mol. The highest BCUT2D eigenvalue weighted by Gasteiger charge is 2.44. The Bertz CT molecular complexity index is 753. The average Bonchev–Trinajstić information content (AvgIpc) is 3.24. The SMILES string of the molecule is Cc1c(C2C(C(=O)N(C)Cc3cccs3)CC(=O)N2C)cnn1C. The molecule has 2 amide bonds. The summed E-state index contributed by atoms with van der Waals surface area (Å²) in [6, 6.07) is 3.75. The van der Waals surface area contributed by atoms with Crippen LogP contribution in [0.2, 0.25) is 0 Å². The van der Waals surface area contributed by atoms with E-state index >= 15 is 0 Å². The average molecular weight is 346 g/mol. The number of thiophene rings is 1. The van der Waals surface area contributed by atoms with Gasteiger partial charge in [-0.3, -0.25) is 14.3 Å². The van der Waals surface area contributed by atoms with Gasteiger partial charge in [0.05, 0.1) is 24.7 Å². The summed E-state index contributed by atoms with van der Waals surface area (Å²) in [7, 11) is 5.44. The van der Waals surface area contributed by atoms with Crippen molar-refractivity contribution in [3.63, 3.8) is 0 Å². The van der Waals surface area contributed by atoms with Gasteiger partial charge in [0.2, 0.25) is 11.8 Å². The van der Waals surface area contributed by atoms with Crippen molar-refractivity contribution in [3.05, 3.63) is 39.8 Å². The molecule has 2 atom stereocenters. The fourth-order valence-corrected chi connectivity index (χ4v) is 4.08. The molecule has 7 heteroatoms. The van der Waals surface area contributed by atoms with Gasteiger partial charge in [0, 0.05) is 43.7 Å². The van der Waals surface area contributed by atoms with E-state index in [1.165, 1.54) is 0 Å². The number of hydrogen-bond donors (Lipinski definition) is 0. The van der Waals surface area contributed by atoms with Crippen LogP contribution in [0.1, 0.15) is 28.6 Å². The number of carbonyl (C=O) groups is 2. The van der Waals surface area contributed by atoms with Gasteiger partial charge < -0.3 is 9.80 Å². The Hall–Kier alpha value is -2.15. The lowest BCUT2D eigenvalue weighted by molar-refractivity contribution is -0.135. The van der Waals surface area contributed by atoms with Gasteiger partial charge in [0.15, 0.2) is 0 Å². The molecule has 2 unspecified atom stereocenters. The van der Waals surface area contributed by atoms with Crippen molar-refractivity contribution in [2.45, 2.75) is 25.9 Å². The van der Waals surface area contributed by atoms with Crippen LogP contribution in [0.25, 0.3) is 0 Å². The van der Waals surface area contributed by atoms with Gasteiger partial charge in [-0.05, 0) is 18.4 Å². The smallest absolute Gasteiger partial charge is 0.228 e. The number of aromatic nitrogens is 2. The summed E-state index contributed by atoms with van der Waals surface area (Å²) >= 11 is 1.63. The Morgan fingerprint density at radius 3 is 2.79 bits per heavy atom. The van der Waals surface area contributed by atoms with Gasteiger partial charge in [0.1, 0.15) is 0 Å². The van der Waals surface area contributed by atoms with E-state index in [0.29, 0.717) is 6.54 Å². The van der Waals surface area contributed by atoms with Crippen molar-refractivity contribution in [2.75, 3.05) is 14.1 Å². The maximum atomic E-state index is 13.0. The first-order valence-corrected chi connectivity index (χ1v) is 8.79. The fraction of sp³-hybridized carbons (Fsp3) is 0.471. The lowest BCUT2D eigenvalue weighted by Crippen LogP contribution is -2.35. The van der Waals surface area contributed by atoms with E-state index in [-0.39, 0.29) is 30.2 Å². The second-order valence-electron chi connectivity index (χ2n) is 6.34. The van der Waals surface area contributed by atoms with Crippen LogP contribution in [0.5, 0.6) is 0 Å². The summed E-state index contributed by atoms with van der Waals surface area (Å²) in [5, 5.41) is 6.28. The Balaban J connectivity index is 1.85. The zero-order valence-corrected chi connectivity index (χ0v) is 15.2. The summed E-state index contributed by atoms with van der Waals surface area (Å²) < 4.78 is 1.78. The van der Waals surface area contributed by atoms with Gasteiger partial charge in [0.25, 0.3) is 0 Å². The Labute approximate surface area is 145 Å². The lowest BCUT2D eigenvalue weighted by Gasteiger charge is -2.27. The van der Waals surface area contributed by atoms with Crippen molar-refractivity contribution >= 4 is 23.2 Å². The molecule has 1 aliphatic heterocycles. The van der Waals surface area contributed by atoms with Crippen LogP contribution < -0.4 is 0 Å². The molecule has 3 rings (SSSR count). The van der Waals surface area contributed by atoms with Gasteiger partial charge in [-0.15, -0.1) is 11.3 Å². The molecule has 1 aliphatic rings. The summed E-state index contributed by atoms with van der Waals surface area (Å²) in [4.78, 5) is 29.8.